The minimum Gasteiger partial charge on any atom is -0.467 e. The summed E-state index contributed by atoms with van der Waals surface area (Å²) < 4.78 is 48.0. The first-order chi connectivity index (χ1) is 8.77. The van der Waals surface area contributed by atoms with Gasteiger partial charge in [-0.05, 0) is 29.2 Å². The maximum atomic E-state index is 12.6. The molecule has 0 bridgehead atoms. The van der Waals surface area contributed by atoms with Crippen molar-refractivity contribution in [1.29, 1.82) is 0 Å². The van der Waals surface area contributed by atoms with Gasteiger partial charge >= 0.3 is 6.18 Å². The van der Waals surface area contributed by atoms with Crippen molar-refractivity contribution in [2.24, 2.45) is 0 Å². The van der Waals surface area contributed by atoms with Gasteiger partial charge in [0.2, 0.25) is 0 Å². The zero-order valence-corrected chi connectivity index (χ0v) is 11.2. The lowest BCUT2D eigenvalue weighted by molar-refractivity contribution is -0.0686. The molecule has 2 nitrogen and oxygen atoms in total. The second-order valence-corrected chi connectivity index (χ2v) is 4.43. The first-order valence-corrected chi connectivity index (χ1v) is 5.79. The maximum absolute atomic E-state index is 12.6. The summed E-state index contributed by atoms with van der Waals surface area (Å²) in [5.74, 6) is 0.559. The predicted molar refractivity (Wildman–Crippen MR) is 68.1 cm³/mol. The van der Waals surface area contributed by atoms with Crippen LogP contribution in [0.25, 0.3) is 5.57 Å². The van der Waals surface area contributed by atoms with Gasteiger partial charge in [-0.15, -0.1) is 0 Å². The van der Waals surface area contributed by atoms with Crippen LogP contribution in [-0.2, 0) is 4.74 Å². The van der Waals surface area contributed by atoms with Crippen LogP contribution >= 0.6 is 0 Å². The van der Waals surface area contributed by atoms with E-state index in [0.29, 0.717) is 11.3 Å². The van der Waals surface area contributed by atoms with Gasteiger partial charge in [0, 0.05) is 7.11 Å². The van der Waals surface area contributed by atoms with Gasteiger partial charge in [0.25, 0.3) is 0 Å². The van der Waals surface area contributed by atoms with Gasteiger partial charge in [-0.25, -0.2) is 0 Å². The van der Waals surface area contributed by atoms with Crippen molar-refractivity contribution in [2.45, 2.75) is 25.9 Å². The van der Waals surface area contributed by atoms with Crippen LogP contribution in [0.1, 0.15) is 30.9 Å². The number of alkyl halides is 3. The van der Waals surface area contributed by atoms with E-state index in [1.165, 1.54) is 25.3 Å². The standard InChI is InChI=1S/C14H17F3O2/c1-9(2)12-7-11(10(3)14(15,16)17)5-6-13(12)19-8-18-4/h5-7,9H,3,8H2,1-2,4H3. The molecule has 0 atom stereocenters. The fraction of sp³-hybridized carbons (Fsp3) is 0.429. The summed E-state index contributed by atoms with van der Waals surface area (Å²) in [6.45, 7) is 6.92. The minimum atomic E-state index is -4.43. The third-order valence-corrected chi connectivity index (χ3v) is 2.65. The molecule has 0 fully saturated rings. The Kier molecular flexibility index (Phi) is 5.00. The number of benzene rings is 1. The molecule has 5 heteroatoms. The summed E-state index contributed by atoms with van der Waals surface area (Å²) in [5.41, 5.74) is -0.103. The van der Waals surface area contributed by atoms with Crippen LogP contribution < -0.4 is 4.74 Å². The molecular weight excluding hydrogens is 257 g/mol. The van der Waals surface area contributed by atoms with Gasteiger partial charge in [-0.1, -0.05) is 26.5 Å². The quantitative estimate of drug-likeness (QED) is 0.742. The first kappa shape index (κ1) is 15.6. The third kappa shape index (κ3) is 3.99. The Morgan fingerprint density at radius 2 is 1.95 bits per heavy atom. The summed E-state index contributed by atoms with van der Waals surface area (Å²) in [6, 6.07) is 4.33. The van der Waals surface area contributed by atoms with Crippen molar-refractivity contribution in [1.82, 2.24) is 0 Å². The highest BCUT2D eigenvalue weighted by atomic mass is 19.4. The van der Waals surface area contributed by atoms with E-state index in [0.717, 1.165) is 0 Å². The molecule has 0 saturated heterocycles. The van der Waals surface area contributed by atoms with Gasteiger partial charge in [0.15, 0.2) is 6.79 Å². The number of halogens is 3. The number of hydrogen-bond donors (Lipinski definition) is 0. The Hall–Kier alpha value is -1.49. The number of ether oxygens (including phenoxy) is 2. The third-order valence-electron chi connectivity index (χ3n) is 2.65. The summed E-state index contributed by atoms with van der Waals surface area (Å²) >= 11 is 0. The average Bonchev–Trinajstić information content (AvgIpc) is 2.34. The van der Waals surface area contributed by atoms with Crippen LogP contribution in [0, 0.1) is 0 Å². The fourth-order valence-electron chi connectivity index (χ4n) is 1.60. The predicted octanol–water partition coefficient (Wildman–Crippen LogP) is 4.37. The molecule has 1 aromatic carbocycles. The van der Waals surface area contributed by atoms with Crippen molar-refractivity contribution in [3.05, 3.63) is 35.9 Å². The van der Waals surface area contributed by atoms with E-state index in [1.807, 2.05) is 13.8 Å². The Morgan fingerprint density at radius 3 is 2.42 bits per heavy atom. The molecule has 0 aromatic heterocycles. The zero-order chi connectivity index (χ0) is 14.6. The smallest absolute Gasteiger partial charge is 0.416 e. The largest absolute Gasteiger partial charge is 0.467 e. The number of allylic oxidation sites excluding steroid dienone is 1. The fourth-order valence-corrected chi connectivity index (χ4v) is 1.60. The Labute approximate surface area is 110 Å². The molecule has 1 aromatic rings. The van der Waals surface area contributed by atoms with Crippen molar-refractivity contribution < 1.29 is 22.6 Å². The van der Waals surface area contributed by atoms with Gasteiger partial charge in [0.1, 0.15) is 5.75 Å². The zero-order valence-electron chi connectivity index (χ0n) is 11.2. The highest BCUT2D eigenvalue weighted by Crippen LogP contribution is 2.36. The molecule has 1 rings (SSSR count). The molecule has 19 heavy (non-hydrogen) atoms. The van der Waals surface area contributed by atoms with Gasteiger partial charge in [-0.2, -0.15) is 13.2 Å². The molecule has 0 aliphatic carbocycles. The lowest BCUT2D eigenvalue weighted by Crippen LogP contribution is -2.10. The minimum absolute atomic E-state index is 0.0350. The van der Waals surface area contributed by atoms with E-state index in [2.05, 4.69) is 6.58 Å². The molecule has 0 spiro atoms. The molecule has 0 N–H and O–H groups in total. The lowest BCUT2D eigenvalue weighted by Gasteiger charge is -2.17. The molecule has 0 saturated carbocycles. The van der Waals surface area contributed by atoms with Gasteiger partial charge in [0.05, 0.1) is 5.57 Å². The monoisotopic (exact) mass is 274 g/mol. The molecule has 106 valence electrons. The summed E-state index contributed by atoms with van der Waals surface area (Å²) in [7, 11) is 1.48. The first-order valence-electron chi connectivity index (χ1n) is 5.79. The van der Waals surface area contributed by atoms with E-state index < -0.39 is 11.7 Å². The van der Waals surface area contributed by atoms with E-state index in [1.54, 1.807) is 0 Å². The van der Waals surface area contributed by atoms with Crippen LogP contribution in [0.3, 0.4) is 0 Å². The topological polar surface area (TPSA) is 18.5 Å². The van der Waals surface area contributed by atoms with Crippen molar-refractivity contribution in [3.63, 3.8) is 0 Å². The van der Waals surface area contributed by atoms with Crippen LogP contribution in [0.5, 0.6) is 5.75 Å². The number of rotatable bonds is 5. The maximum Gasteiger partial charge on any atom is 0.416 e. The van der Waals surface area contributed by atoms with E-state index in [-0.39, 0.29) is 18.3 Å². The Balaban J connectivity index is 3.12. The SMILES string of the molecule is C=C(c1ccc(OCOC)c(C(C)C)c1)C(F)(F)F. The normalized spacial score (nSPS) is 11.7. The highest BCUT2D eigenvalue weighted by Gasteiger charge is 2.33. The van der Waals surface area contributed by atoms with Gasteiger partial charge in [-0.3, -0.25) is 0 Å². The second kappa shape index (κ2) is 6.10. The molecule has 0 aliphatic heterocycles. The molecule has 0 heterocycles. The second-order valence-electron chi connectivity index (χ2n) is 4.43. The van der Waals surface area contributed by atoms with E-state index in [4.69, 9.17) is 9.47 Å². The summed E-state index contributed by atoms with van der Waals surface area (Å²) in [4.78, 5) is 0. The summed E-state index contributed by atoms with van der Waals surface area (Å²) in [6.07, 6.45) is -4.43. The Morgan fingerprint density at radius 1 is 1.32 bits per heavy atom. The van der Waals surface area contributed by atoms with Crippen molar-refractivity contribution in [2.75, 3.05) is 13.9 Å². The van der Waals surface area contributed by atoms with E-state index >= 15 is 0 Å². The highest BCUT2D eigenvalue weighted by molar-refractivity contribution is 5.69. The summed E-state index contributed by atoms with van der Waals surface area (Å²) in [5, 5.41) is 0. The molecule has 0 aliphatic rings. The number of hydrogen-bond acceptors (Lipinski definition) is 2. The van der Waals surface area contributed by atoms with Crippen LogP contribution in [0.2, 0.25) is 0 Å². The van der Waals surface area contributed by atoms with Crippen molar-refractivity contribution >= 4 is 5.57 Å². The Bertz CT molecular complexity index is 450. The molecule has 0 unspecified atom stereocenters. The van der Waals surface area contributed by atoms with E-state index in [9.17, 15) is 13.2 Å². The van der Waals surface area contributed by atoms with Crippen LogP contribution in [0.15, 0.2) is 24.8 Å². The van der Waals surface area contributed by atoms with Crippen molar-refractivity contribution in [3.8, 4) is 5.75 Å². The molecule has 0 radical (unpaired) electrons. The lowest BCUT2D eigenvalue weighted by atomic mass is 9.96. The van der Waals surface area contributed by atoms with Crippen LogP contribution in [-0.4, -0.2) is 20.1 Å². The molecule has 0 amide bonds. The molecular formula is C14H17F3O2. The average molecular weight is 274 g/mol. The number of methoxy groups -OCH3 is 1. The van der Waals surface area contributed by atoms with Gasteiger partial charge < -0.3 is 9.47 Å². The van der Waals surface area contributed by atoms with Crippen LogP contribution in [0.4, 0.5) is 13.2 Å².